The lowest BCUT2D eigenvalue weighted by Gasteiger charge is -2.02. The van der Waals surface area contributed by atoms with Crippen LogP contribution < -0.4 is 11.1 Å². The van der Waals surface area contributed by atoms with Crippen LogP contribution >= 0.6 is 0 Å². The lowest BCUT2D eigenvalue weighted by molar-refractivity contribution is -0.117. The van der Waals surface area contributed by atoms with E-state index >= 15 is 0 Å². The summed E-state index contributed by atoms with van der Waals surface area (Å²) in [7, 11) is 0. The number of benzene rings is 1. The molecule has 1 aliphatic rings. The van der Waals surface area contributed by atoms with Gasteiger partial charge in [0.25, 0.3) is 5.91 Å². The van der Waals surface area contributed by atoms with Gasteiger partial charge in [0.1, 0.15) is 0 Å². The smallest absolute Gasteiger partial charge is 0.251 e. The molecule has 1 saturated carbocycles. The van der Waals surface area contributed by atoms with Crippen molar-refractivity contribution in [2.75, 3.05) is 0 Å². The second-order valence-corrected chi connectivity index (χ2v) is 4.27. The topological polar surface area (TPSA) is 72.2 Å². The van der Waals surface area contributed by atoms with Crippen molar-refractivity contribution in [2.24, 2.45) is 5.73 Å². The Morgan fingerprint density at radius 1 is 1.28 bits per heavy atom. The van der Waals surface area contributed by atoms with Crippen molar-refractivity contribution in [1.82, 2.24) is 5.32 Å². The Bertz CT molecular complexity index is 519. The zero-order valence-corrected chi connectivity index (χ0v) is 9.90. The number of nitrogens with two attached hydrogens (primary N) is 1. The van der Waals surface area contributed by atoms with Gasteiger partial charge in [-0.05, 0) is 37.1 Å². The second kappa shape index (κ2) is 5.37. The molecule has 92 valence electrons. The number of amides is 2. The minimum absolute atomic E-state index is 0.0456. The van der Waals surface area contributed by atoms with Crippen molar-refractivity contribution in [3.63, 3.8) is 0 Å². The SMILES string of the molecule is NC(=O)CC#Cc1ccc(C(=O)NC2CC2)cc1. The quantitative estimate of drug-likeness (QED) is 0.770. The van der Waals surface area contributed by atoms with Crippen molar-refractivity contribution in [3.8, 4) is 11.8 Å². The summed E-state index contributed by atoms with van der Waals surface area (Å²) in [5.41, 5.74) is 6.37. The van der Waals surface area contributed by atoms with Gasteiger partial charge in [-0.1, -0.05) is 11.8 Å². The van der Waals surface area contributed by atoms with Crippen LogP contribution in [0.4, 0.5) is 0 Å². The lowest BCUT2D eigenvalue weighted by Crippen LogP contribution is -2.25. The molecule has 0 aromatic heterocycles. The average Bonchev–Trinajstić information content (AvgIpc) is 3.13. The number of hydrogen-bond donors (Lipinski definition) is 2. The summed E-state index contributed by atoms with van der Waals surface area (Å²) in [6, 6.07) is 7.33. The van der Waals surface area contributed by atoms with Crippen LogP contribution in [0, 0.1) is 11.8 Å². The van der Waals surface area contributed by atoms with Crippen molar-refractivity contribution < 1.29 is 9.59 Å². The van der Waals surface area contributed by atoms with Crippen LogP contribution in [0.5, 0.6) is 0 Å². The fourth-order valence-corrected chi connectivity index (χ4v) is 1.43. The molecule has 0 radical (unpaired) electrons. The third-order valence-corrected chi connectivity index (χ3v) is 2.56. The molecular formula is C14H14N2O2. The summed E-state index contributed by atoms with van der Waals surface area (Å²) in [4.78, 5) is 22.2. The van der Waals surface area contributed by atoms with E-state index in [1.165, 1.54) is 0 Å². The van der Waals surface area contributed by atoms with Crippen LogP contribution in [0.1, 0.15) is 35.2 Å². The first kappa shape index (κ1) is 12.2. The van der Waals surface area contributed by atoms with E-state index < -0.39 is 5.91 Å². The number of primary amides is 1. The van der Waals surface area contributed by atoms with Crippen LogP contribution in [0.3, 0.4) is 0 Å². The van der Waals surface area contributed by atoms with E-state index in [4.69, 9.17) is 5.73 Å². The summed E-state index contributed by atoms with van der Waals surface area (Å²) in [5.74, 6) is 4.99. The van der Waals surface area contributed by atoms with Gasteiger partial charge < -0.3 is 11.1 Å². The molecule has 4 nitrogen and oxygen atoms in total. The predicted octanol–water partition coefficient (Wildman–Crippen LogP) is 0.806. The van der Waals surface area contributed by atoms with Crippen molar-refractivity contribution >= 4 is 11.8 Å². The molecule has 4 heteroatoms. The molecule has 1 aromatic carbocycles. The molecule has 1 aromatic rings. The van der Waals surface area contributed by atoms with Gasteiger partial charge in [0.15, 0.2) is 0 Å². The molecule has 18 heavy (non-hydrogen) atoms. The third-order valence-electron chi connectivity index (χ3n) is 2.56. The highest BCUT2D eigenvalue weighted by atomic mass is 16.2. The number of carbonyl (C=O) groups excluding carboxylic acids is 2. The van der Waals surface area contributed by atoms with Crippen LogP contribution in [-0.2, 0) is 4.79 Å². The maximum atomic E-state index is 11.7. The monoisotopic (exact) mass is 242 g/mol. The minimum atomic E-state index is -0.442. The molecule has 1 aliphatic carbocycles. The summed E-state index contributed by atoms with van der Waals surface area (Å²) in [5, 5.41) is 2.91. The Hall–Kier alpha value is -2.28. The van der Waals surface area contributed by atoms with Crippen molar-refractivity contribution in [3.05, 3.63) is 35.4 Å². The summed E-state index contributed by atoms with van der Waals surface area (Å²) in [6.07, 6.45) is 2.19. The van der Waals surface area contributed by atoms with Crippen LogP contribution in [0.2, 0.25) is 0 Å². The predicted molar refractivity (Wildman–Crippen MR) is 67.6 cm³/mol. The fraction of sp³-hybridized carbons (Fsp3) is 0.286. The van der Waals surface area contributed by atoms with Crippen molar-refractivity contribution in [1.29, 1.82) is 0 Å². The fourth-order valence-electron chi connectivity index (χ4n) is 1.43. The second-order valence-electron chi connectivity index (χ2n) is 4.27. The first-order valence-electron chi connectivity index (χ1n) is 5.83. The molecule has 0 aliphatic heterocycles. The van der Waals surface area contributed by atoms with E-state index in [1.807, 2.05) is 0 Å². The van der Waals surface area contributed by atoms with Gasteiger partial charge in [-0.3, -0.25) is 9.59 Å². The zero-order chi connectivity index (χ0) is 13.0. The van der Waals surface area contributed by atoms with Gasteiger partial charge in [0, 0.05) is 17.2 Å². The zero-order valence-electron chi connectivity index (χ0n) is 9.90. The van der Waals surface area contributed by atoms with Crippen LogP contribution in [0.15, 0.2) is 24.3 Å². The van der Waals surface area contributed by atoms with Gasteiger partial charge >= 0.3 is 0 Å². The Balaban J connectivity index is 1.97. The molecule has 0 saturated heterocycles. The van der Waals surface area contributed by atoms with Crippen LogP contribution in [0.25, 0.3) is 0 Å². The number of nitrogens with one attached hydrogen (secondary N) is 1. The standard InChI is InChI=1S/C14H14N2O2/c15-13(17)3-1-2-10-4-6-11(7-5-10)14(18)16-12-8-9-12/h4-7,12H,3,8-9H2,(H2,15,17)(H,16,18). The molecule has 3 N–H and O–H groups in total. The third kappa shape index (κ3) is 3.63. The normalized spacial score (nSPS) is 13.3. The Morgan fingerprint density at radius 3 is 2.50 bits per heavy atom. The van der Waals surface area contributed by atoms with Crippen molar-refractivity contribution in [2.45, 2.75) is 25.3 Å². The van der Waals surface area contributed by atoms with Gasteiger partial charge in [-0.2, -0.15) is 0 Å². The highest BCUT2D eigenvalue weighted by Crippen LogP contribution is 2.19. The van der Waals surface area contributed by atoms with E-state index in [0.29, 0.717) is 11.6 Å². The maximum Gasteiger partial charge on any atom is 0.251 e. The van der Waals surface area contributed by atoms with E-state index in [-0.39, 0.29) is 12.3 Å². The maximum absolute atomic E-state index is 11.7. The lowest BCUT2D eigenvalue weighted by atomic mass is 10.1. The molecule has 1 fully saturated rings. The number of rotatable bonds is 3. The van der Waals surface area contributed by atoms with Crippen LogP contribution in [-0.4, -0.2) is 17.9 Å². The van der Waals surface area contributed by atoms with E-state index in [0.717, 1.165) is 18.4 Å². The number of carbonyl (C=O) groups is 2. The molecule has 0 spiro atoms. The van der Waals surface area contributed by atoms with Gasteiger partial charge in [-0.15, -0.1) is 0 Å². The summed E-state index contributed by atoms with van der Waals surface area (Å²) in [6.45, 7) is 0. The molecule has 0 heterocycles. The summed E-state index contributed by atoms with van der Waals surface area (Å²) >= 11 is 0. The first-order chi connectivity index (χ1) is 8.65. The summed E-state index contributed by atoms with van der Waals surface area (Å²) < 4.78 is 0. The Labute approximate surface area is 106 Å². The molecule has 0 atom stereocenters. The van der Waals surface area contributed by atoms with E-state index in [1.54, 1.807) is 24.3 Å². The van der Waals surface area contributed by atoms with Gasteiger partial charge in [0.05, 0.1) is 6.42 Å². The minimum Gasteiger partial charge on any atom is -0.369 e. The highest BCUT2D eigenvalue weighted by molar-refractivity contribution is 5.94. The van der Waals surface area contributed by atoms with E-state index in [9.17, 15) is 9.59 Å². The van der Waals surface area contributed by atoms with Gasteiger partial charge in [-0.25, -0.2) is 0 Å². The van der Waals surface area contributed by atoms with E-state index in [2.05, 4.69) is 17.2 Å². The molecule has 0 unspecified atom stereocenters. The first-order valence-corrected chi connectivity index (χ1v) is 5.83. The molecule has 2 amide bonds. The average molecular weight is 242 g/mol. The largest absolute Gasteiger partial charge is 0.369 e. The molecular weight excluding hydrogens is 228 g/mol. The molecule has 0 bridgehead atoms. The number of hydrogen-bond acceptors (Lipinski definition) is 2. The highest BCUT2D eigenvalue weighted by Gasteiger charge is 2.23. The molecule has 2 rings (SSSR count). The van der Waals surface area contributed by atoms with Gasteiger partial charge in [0.2, 0.25) is 5.91 Å². The Morgan fingerprint density at radius 2 is 1.94 bits per heavy atom. The Kier molecular flexibility index (Phi) is 3.63.